The number of hydrogen-bond acceptors (Lipinski definition) is 4. The van der Waals surface area contributed by atoms with Gasteiger partial charge in [-0.15, -0.1) is 0 Å². The topological polar surface area (TPSA) is 113 Å². The molecule has 1 aromatic rings. The minimum atomic E-state index is -3.41. The third-order valence-corrected chi connectivity index (χ3v) is 5.12. The van der Waals surface area contributed by atoms with Gasteiger partial charge in [-0.2, -0.15) is 0 Å². The van der Waals surface area contributed by atoms with Crippen LogP contribution in [-0.2, 0) is 19.6 Å². The van der Waals surface area contributed by atoms with Crippen LogP contribution < -0.4 is 10.0 Å². The van der Waals surface area contributed by atoms with Crippen LogP contribution in [0.25, 0.3) is 0 Å². The zero-order valence-corrected chi connectivity index (χ0v) is 15.2. The average molecular weight is 368 g/mol. The zero-order valence-electron chi connectivity index (χ0n) is 14.4. The van der Waals surface area contributed by atoms with E-state index in [1.165, 1.54) is 0 Å². The molecule has 0 bridgehead atoms. The Kier molecular flexibility index (Phi) is 6.05. The first-order valence-corrected chi connectivity index (χ1v) is 10.2. The van der Waals surface area contributed by atoms with Crippen LogP contribution in [0.1, 0.15) is 44.2 Å². The van der Waals surface area contributed by atoms with Gasteiger partial charge in [0.15, 0.2) is 0 Å². The number of para-hydroxylation sites is 1. The van der Waals surface area contributed by atoms with Gasteiger partial charge in [0.05, 0.1) is 23.9 Å². The van der Waals surface area contributed by atoms with Gasteiger partial charge in [-0.25, -0.2) is 8.42 Å². The van der Waals surface area contributed by atoms with Crippen molar-refractivity contribution in [2.75, 3.05) is 11.0 Å². The van der Waals surface area contributed by atoms with E-state index in [9.17, 15) is 18.0 Å². The predicted octanol–water partition coefficient (Wildman–Crippen LogP) is 2.13. The van der Waals surface area contributed by atoms with E-state index in [0.717, 1.165) is 6.26 Å². The predicted molar refractivity (Wildman–Crippen MR) is 94.6 cm³/mol. The van der Waals surface area contributed by atoms with Gasteiger partial charge in [0.2, 0.25) is 15.9 Å². The summed E-state index contributed by atoms with van der Waals surface area (Å²) in [5, 5.41) is 11.9. The SMILES string of the molecule is CC(NC(=O)C1CCC(C(=O)O)CC1)c1ccccc1NS(C)(=O)=O. The minimum Gasteiger partial charge on any atom is -0.481 e. The average Bonchev–Trinajstić information content (AvgIpc) is 2.53. The summed E-state index contributed by atoms with van der Waals surface area (Å²) in [4.78, 5) is 23.4. The summed E-state index contributed by atoms with van der Waals surface area (Å²) in [6, 6.07) is 6.55. The lowest BCUT2D eigenvalue weighted by molar-refractivity contribution is -0.144. The molecule has 0 heterocycles. The lowest BCUT2D eigenvalue weighted by atomic mass is 9.81. The van der Waals surface area contributed by atoms with Crippen molar-refractivity contribution < 1.29 is 23.1 Å². The molecule has 2 rings (SSSR count). The van der Waals surface area contributed by atoms with Crippen LogP contribution >= 0.6 is 0 Å². The monoisotopic (exact) mass is 368 g/mol. The van der Waals surface area contributed by atoms with Crippen LogP contribution in [0.3, 0.4) is 0 Å². The molecule has 3 N–H and O–H groups in total. The maximum atomic E-state index is 12.5. The molecule has 1 aliphatic carbocycles. The smallest absolute Gasteiger partial charge is 0.306 e. The summed E-state index contributed by atoms with van der Waals surface area (Å²) in [5.74, 6) is -1.48. The second-order valence-corrected chi connectivity index (χ2v) is 8.33. The standard InChI is InChI=1S/C17H24N2O5S/c1-11(14-5-3-4-6-15(14)19-25(2,23)24)18-16(20)12-7-9-13(10-8-12)17(21)22/h3-6,11-13,19H,7-10H2,1-2H3,(H,18,20)(H,21,22). The lowest BCUT2D eigenvalue weighted by Crippen LogP contribution is -2.36. The summed E-state index contributed by atoms with van der Waals surface area (Å²) in [6.45, 7) is 1.80. The van der Waals surface area contributed by atoms with E-state index in [4.69, 9.17) is 5.11 Å². The number of nitrogens with one attached hydrogen (secondary N) is 2. The molecule has 0 saturated heterocycles. The van der Waals surface area contributed by atoms with Crippen molar-refractivity contribution in [3.8, 4) is 0 Å². The molecule has 7 nitrogen and oxygen atoms in total. The molecule has 1 saturated carbocycles. The summed E-state index contributed by atoms with van der Waals surface area (Å²) in [5.41, 5.74) is 1.12. The summed E-state index contributed by atoms with van der Waals surface area (Å²) in [6.07, 6.45) is 3.20. The van der Waals surface area contributed by atoms with Crippen molar-refractivity contribution >= 4 is 27.6 Å². The van der Waals surface area contributed by atoms with E-state index in [0.29, 0.717) is 36.9 Å². The van der Waals surface area contributed by atoms with Gasteiger partial charge < -0.3 is 10.4 Å². The maximum absolute atomic E-state index is 12.5. The molecule has 1 aliphatic rings. The molecule has 1 aromatic carbocycles. The number of hydrogen-bond donors (Lipinski definition) is 3. The number of carbonyl (C=O) groups excluding carboxylic acids is 1. The van der Waals surface area contributed by atoms with Gasteiger partial charge in [-0.05, 0) is 44.2 Å². The first-order chi connectivity index (χ1) is 11.7. The molecule has 1 atom stereocenters. The van der Waals surface area contributed by atoms with Crippen LogP contribution in [0.5, 0.6) is 0 Å². The fourth-order valence-electron chi connectivity index (χ4n) is 3.18. The minimum absolute atomic E-state index is 0.120. The Balaban J connectivity index is 2.01. The Hall–Kier alpha value is -2.09. The molecule has 0 aliphatic heterocycles. The number of carboxylic acids is 1. The number of rotatable bonds is 6. The molecular weight excluding hydrogens is 344 g/mol. The van der Waals surface area contributed by atoms with Crippen molar-refractivity contribution in [3.63, 3.8) is 0 Å². The Morgan fingerprint density at radius 3 is 2.24 bits per heavy atom. The molecular formula is C17H24N2O5S. The molecule has 8 heteroatoms. The molecule has 0 spiro atoms. The zero-order chi connectivity index (χ0) is 18.6. The largest absolute Gasteiger partial charge is 0.481 e. The lowest BCUT2D eigenvalue weighted by Gasteiger charge is -2.27. The van der Waals surface area contributed by atoms with Gasteiger partial charge in [-0.1, -0.05) is 18.2 Å². The van der Waals surface area contributed by atoms with E-state index in [1.54, 1.807) is 31.2 Å². The Bertz CT molecular complexity index is 739. The highest BCUT2D eigenvalue weighted by Gasteiger charge is 2.30. The summed E-state index contributed by atoms with van der Waals surface area (Å²) >= 11 is 0. The first kappa shape index (κ1) is 19.2. The second kappa shape index (κ2) is 7.86. The van der Waals surface area contributed by atoms with Crippen molar-refractivity contribution in [1.82, 2.24) is 5.32 Å². The molecule has 1 unspecified atom stereocenters. The number of aliphatic carboxylic acids is 1. The molecule has 25 heavy (non-hydrogen) atoms. The normalized spacial score (nSPS) is 22.0. The Labute approximate surface area is 147 Å². The van der Waals surface area contributed by atoms with Crippen LogP contribution in [0, 0.1) is 11.8 Å². The molecule has 1 fully saturated rings. The highest BCUT2D eigenvalue weighted by molar-refractivity contribution is 7.92. The van der Waals surface area contributed by atoms with Gasteiger partial charge in [0, 0.05) is 5.92 Å². The molecule has 138 valence electrons. The highest BCUT2D eigenvalue weighted by Crippen LogP contribution is 2.30. The fraction of sp³-hybridized carbons (Fsp3) is 0.529. The maximum Gasteiger partial charge on any atom is 0.306 e. The number of benzene rings is 1. The second-order valence-electron chi connectivity index (χ2n) is 6.58. The van der Waals surface area contributed by atoms with E-state index in [1.807, 2.05) is 0 Å². The van der Waals surface area contributed by atoms with Gasteiger partial charge in [0.25, 0.3) is 0 Å². The first-order valence-electron chi connectivity index (χ1n) is 8.27. The Morgan fingerprint density at radius 1 is 1.12 bits per heavy atom. The van der Waals surface area contributed by atoms with Gasteiger partial charge in [0.1, 0.15) is 0 Å². The van der Waals surface area contributed by atoms with E-state index < -0.39 is 16.0 Å². The van der Waals surface area contributed by atoms with Crippen LogP contribution in [0.2, 0.25) is 0 Å². The summed E-state index contributed by atoms with van der Waals surface area (Å²) < 4.78 is 25.4. The van der Waals surface area contributed by atoms with Crippen molar-refractivity contribution in [2.24, 2.45) is 11.8 Å². The van der Waals surface area contributed by atoms with Crippen molar-refractivity contribution in [2.45, 2.75) is 38.6 Å². The van der Waals surface area contributed by atoms with Gasteiger partial charge in [-0.3, -0.25) is 14.3 Å². The van der Waals surface area contributed by atoms with Crippen LogP contribution in [0.4, 0.5) is 5.69 Å². The highest BCUT2D eigenvalue weighted by atomic mass is 32.2. The number of anilines is 1. The molecule has 1 amide bonds. The van der Waals surface area contributed by atoms with E-state index in [-0.39, 0.29) is 23.8 Å². The number of sulfonamides is 1. The van der Waals surface area contributed by atoms with Crippen LogP contribution in [-0.4, -0.2) is 31.7 Å². The molecule has 0 aromatic heterocycles. The van der Waals surface area contributed by atoms with E-state index >= 15 is 0 Å². The van der Waals surface area contributed by atoms with Crippen molar-refractivity contribution in [1.29, 1.82) is 0 Å². The number of amides is 1. The number of carbonyl (C=O) groups is 2. The number of carboxylic acid groups (broad SMARTS) is 1. The third kappa shape index (κ3) is 5.45. The van der Waals surface area contributed by atoms with Crippen LogP contribution in [0.15, 0.2) is 24.3 Å². The Morgan fingerprint density at radius 2 is 1.68 bits per heavy atom. The van der Waals surface area contributed by atoms with E-state index in [2.05, 4.69) is 10.0 Å². The third-order valence-electron chi connectivity index (χ3n) is 4.53. The molecule has 0 radical (unpaired) electrons. The summed E-state index contributed by atoms with van der Waals surface area (Å²) in [7, 11) is -3.41. The quantitative estimate of drug-likeness (QED) is 0.712. The van der Waals surface area contributed by atoms with Gasteiger partial charge >= 0.3 is 5.97 Å². The fourth-order valence-corrected chi connectivity index (χ4v) is 3.76. The van der Waals surface area contributed by atoms with Crippen molar-refractivity contribution in [3.05, 3.63) is 29.8 Å².